The summed E-state index contributed by atoms with van der Waals surface area (Å²) in [6.07, 6.45) is 0.796. The van der Waals surface area contributed by atoms with Crippen molar-refractivity contribution in [3.63, 3.8) is 0 Å². The predicted octanol–water partition coefficient (Wildman–Crippen LogP) is 2.03. The van der Waals surface area contributed by atoms with Crippen molar-refractivity contribution in [2.75, 3.05) is 0 Å². The highest BCUT2D eigenvalue weighted by atomic mass is 35.5. The van der Waals surface area contributed by atoms with Gasteiger partial charge < -0.3 is 5.11 Å². The van der Waals surface area contributed by atoms with Crippen LogP contribution in [0.5, 0.6) is 0 Å². The minimum Gasteiger partial charge on any atom is -0.478 e. The smallest absolute Gasteiger partial charge is 0.336 e. The van der Waals surface area contributed by atoms with Crippen LogP contribution < -0.4 is 4.72 Å². The molecule has 0 saturated heterocycles. The average molecular weight is 304 g/mol. The van der Waals surface area contributed by atoms with Crippen LogP contribution in [0.4, 0.5) is 0 Å². The van der Waals surface area contributed by atoms with Crippen molar-refractivity contribution in [1.82, 2.24) is 4.72 Å². The van der Waals surface area contributed by atoms with Gasteiger partial charge in [-0.05, 0) is 37.0 Å². The molecular weight excluding hydrogens is 290 g/mol. The molecule has 0 bridgehead atoms. The highest BCUT2D eigenvalue weighted by Gasteiger charge is 2.37. The summed E-state index contributed by atoms with van der Waals surface area (Å²) in [6.45, 7) is 3.41. The predicted molar refractivity (Wildman–Crippen MR) is 71.0 cm³/mol. The summed E-state index contributed by atoms with van der Waals surface area (Å²) < 4.78 is 27.0. The number of rotatable bonds is 4. The van der Waals surface area contributed by atoms with E-state index in [0.717, 1.165) is 6.42 Å². The number of nitrogens with one attached hydrogen (secondary N) is 1. The van der Waals surface area contributed by atoms with Crippen LogP contribution >= 0.6 is 11.6 Å². The van der Waals surface area contributed by atoms with Gasteiger partial charge in [-0.3, -0.25) is 0 Å². The highest BCUT2D eigenvalue weighted by molar-refractivity contribution is 7.89. The molecule has 5 nitrogen and oxygen atoms in total. The Hall–Kier alpha value is -1.11. The lowest BCUT2D eigenvalue weighted by Crippen LogP contribution is -2.28. The molecule has 7 heteroatoms. The molecule has 1 saturated carbocycles. The van der Waals surface area contributed by atoms with Crippen LogP contribution in [0.25, 0.3) is 0 Å². The van der Waals surface area contributed by atoms with Gasteiger partial charge in [-0.25, -0.2) is 17.9 Å². The van der Waals surface area contributed by atoms with E-state index in [4.69, 9.17) is 16.7 Å². The molecule has 2 N–H and O–H groups in total. The van der Waals surface area contributed by atoms with Crippen molar-refractivity contribution in [3.05, 3.63) is 28.3 Å². The average Bonchev–Trinajstić information content (AvgIpc) is 2.95. The van der Waals surface area contributed by atoms with Gasteiger partial charge in [-0.15, -0.1) is 0 Å². The standard InChI is InChI=1S/C12H14ClNO4S/c1-6-3-10(6)14-19(17,18)11-5-8(13)4-9(7(11)2)12(15)16/h4-6,10,14H,3H2,1-2H3,(H,15,16). The Morgan fingerprint density at radius 2 is 2.05 bits per heavy atom. The molecule has 1 aliphatic rings. The van der Waals surface area contributed by atoms with Crippen LogP contribution in [0.1, 0.15) is 29.3 Å². The third-order valence-corrected chi connectivity index (χ3v) is 5.10. The minimum absolute atomic E-state index is 0.0725. The molecule has 0 radical (unpaired) electrons. The van der Waals surface area contributed by atoms with Gasteiger partial charge in [0.15, 0.2) is 0 Å². The number of carboxylic acids is 1. The molecule has 0 heterocycles. The molecular formula is C12H14ClNO4S. The molecule has 0 amide bonds. The summed E-state index contributed by atoms with van der Waals surface area (Å²) in [4.78, 5) is 11.0. The third-order valence-electron chi connectivity index (χ3n) is 3.26. The fraction of sp³-hybridized carbons (Fsp3) is 0.417. The zero-order valence-corrected chi connectivity index (χ0v) is 12.0. The lowest BCUT2D eigenvalue weighted by atomic mass is 10.1. The fourth-order valence-corrected chi connectivity index (χ4v) is 3.84. The van der Waals surface area contributed by atoms with E-state index < -0.39 is 16.0 Å². The van der Waals surface area contributed by atoms with Crippen LogP contribution in [0.15, 0.2) is 17.0 Å². The molecule has 1 fully saturated rings. The molecule has 1 aliphatic carbocycles. The summed E-state index contributed by atoms with van der Waals surface area (Å²) >= 11 is 5.80. The van der Waals surface area contributed by atoms with Gasteiger partial charge in [0.25, 0.3) is 0 Å². The topological polar surface area (TPSA) is 83.5 Å². The first-order valence-electron chi connectivity index (χ1n) is 5.78. The van der Waals surface area contributed by atoms with Crippen LogP contribution in [-0.2, 0) is 10.0 Å². The Balaban J connectivity index is 2.46. The Labute approximate surface area is 116 Å². The van der Waals surface area contributed by atoms with Crippen LogP contribution in [0.2, 0.25) is 5.02 Å². The van der Waals surface area contributed by atoms with E-state index in [-0.39, 0.29) is 27.1 Å². The Bertz CT molecular complexity index is 641. The number of aromatic carboxylic acids is 1. The maximum atomic E-state index is 12.2. The maximum absolute atomic E-state index is 12.2. The van der Waals surface area contributed by atoms with Crippen molar-refractivity contribution >= 4 is 27.6 Å². The van der Waals surface area contributed by atoms with E-state index >= 15 is 0 Å². The van der Waals surface area contributed by atoms with Gasteiger partial charge in [0.2, 0.25) is 10.0 Å². The fourth-order valence-electron chi connectivity index (χ4n) is 1.90. The number of sulfonamides is 1. The van der Waals surface area contributed by atoms with Crippen molar-refractivity contribution in [3.8, 4) is 0 Å². The molecule has 0 aliphatic heterocycles. The van der Waals surface area contributed by atoms with Crippen LogP contribution in [0, 0.1) is 12.8 Å². The van der Waals surface area contributed by atoms with Crippen molar-refractivity contribution in [2.24, 2.45) is 5.92 Å². The normalized spacial score (nSPS) is 22.3. The van der Waals surface area contributed by atoms with Gasteiger partial charge in [0, 0.05) is 11.1 Å². The SMILES string of the molecule is Cc1c(C(=O)O)cc(Cl)cc1S(=O)(=O)NC1CC1C. The van der Waals surface area contributed by atoms with Gasteiger partial charge in [0.05, 0.1) is 10.5 Å². The second-order valence-corrected chi connectivity index (χ2v) is 6.94. The number of halogens is 1. The van der Waals surface area contributed by atoms with Crippen LogP contribution in [0.3, 0.4) is 0 Å². The van der Waals surface area contributed by atoms with Crippen LogP contribution in [-0.4, -0.2) is 25.5 Å². The minimum atomic E-state index is -3.74. The number of benzene rings is 1. The number of hydrogen-bond donors (Lipinski definition) is 2. The lowest BCUT2D eigenvalue weighted by Gasteiger charge is -2.11. The molecule has 104 valence electrons. The van der Waals surface area contributed by atoms with E-state index in [2.05, 4.69) is 4.72 Å². The summed E-state index contributed by atoms with van der Waals surface area (Å²) in [7, 11) is -3.74. The van der Waals surface area contributed by atoms with Gasteiger partial charge >= 0.3 is 5.97 Å². The summed E-state index contributed by atoms with van der Waals surface area (Å²) in [5, 5.41) is 9.13. The van der Waals surface area contributed by atoms with Gasteiger partial charge in [-0.2, -0.15) is 0 Å². The quantitative estimate of drug-likeness (QED) is 0.891. The molecule has 0 spiro atoms. The van der Waals surface area contributed by atoms with E-state index in [1.807, 2.05) is 6.92 Å². The summed E-state index contributed by atoms with van der Waals surface area (Å²) in [5.41, 5.74) is 0.0921. The van der Waals surface area contributed by atoms with Crippen molar-refractivity contribution in [2.45, 2.75) is 31.2 Å². The molecule has 1 aromatic carbocycles. The Kier molecular flexibility index (Phi) is 3.59. The Morgan fingerprint density at radius 3 is 2.53 bits per heavy atom. The highest BCUT2D eigenvalue weighted by Crippen LogP contribution is 2.32. The molecule has 2 atom stereocenters. The molecule has 19 heavy (non-hydrogen) atoms. The molecule has 0 aromatic heterocycles. The maximum Gasteiger partial charge on any atom is 0.336 e. The zero-order valence-electron chi connectivity index (χ0n) is 10.5. The monoisotopic (exact) mass is 303 g/mol. The third kappa shape index (κ3) is 2.91. The largest absolute Gasteiger partial charge is 0.478 e. The molecule has 1 aromatic rings. The van der Waals surface area contributed by atoms with E-state index in [1.54, 1.807) is 0 Å². The Morgan fingerprint density at radius 1 is 1.47 bits per heavy atom. The second kappa shape index (κ2) is 4.77. The second-order valence-electron chi connectivity index (χ2n) is 4.82. The van der Waals surface area contributed by atoms with Gasteiger partial charge in [0.1, 0.15) is 0 Å². The number of carbonyl (C=O) groups is 1. The summed E-state index contributed by atoms with van der Waals surface area (Å²) in [5.74, 6) is -0.885. The first-order chi connectivity index (χ1) is 8.72. The summed E-state index contributed by atoms with van der Waals surface area (Å²) in [6, 6.07) is 2.45. The number of hydrogen-bond acceptors (Lipinski definition) is 3. The van der Waals surface area contributed by atoms with E-state index in [9.17, 15) is 13.2 Å². The zero-order chi connectivity index (χ0) is 14.4. The van der Waals surface area contributed by atoms with Crippen molar-refractivity contribution in [1.29, 1.82) is 0 Å². The number of carboxylic acid groups (broad SMARTS) is 1. The van der Waals surface area contributed by atoms with E-state index in [1.165, 1.54) is 19.1 Å². The first-order valence-corrected chi connectivity index (χ1v) is 7.64. The van der Waals surface area contributed by atoms with Gasteiger partial charge in [-0.1, -0.05) is 18.5 Å². The van der Waals surface area contributed by atoms with Crippen molar-refractivity contribution < 1.29 is 18.3 Å². The first kappa shape index (κ1) is 14.3. The lowest BCUT2D eigenvalue weighted by molar-refractivity contribution is 0.0696. The van der Waals surface area contributed by atoms with E-state index in [0.29, 0.717) is 5.92 Å². The molecule has 2 unspecified atom stereocenters. The molecule has 2 rings (SSSR count).